The highest BCUT2D eigenvalue weighted by Crippen LogP contribution is 2.08. The normalized spacial score (nSPS) is 13.1. The summed E-state index contributed by atoms with van der Waals surface area (Å²) in [5, 5.41) is 0.532. The SMILES string of the molecule is C[C@H]([NH3+])c1ccc(Cl)nc1. The molecule has 1 atom stereocenters. The van der Waals surface area contributed by atoms with Crippen LogP contribution in [0.5, 0.6) is 0 Å². The molecule has 1 heterocycles. The third-order valence-corrected chi connectivity index (χ3v) is 1.54. The van der Waals surface area contributed by atoms with Crippen molar-refractivity contribution in [3.05, 3.63) is 29.0 Å². The Bertz CT molecular complexity index is 205. The van der Waals surface area contributed by atoms with E-state index in [1.807, 2.05) is 13.0 Å². The van der Waals surface area contributed by atoms with E-state index in [-0.39, 0.29) is 6.04 Å². The lowest BCUT2D eigenvalue weighted by molar-refractivity contribution is -0.420. The molecule has 1 aromatic rings. The van der Waals surface area contributed by atoms with Crippen LogP contribution >= 0.6 is 11.6 Å². The zero-order chi connectivity index (χ0) is 7.56. The molecule has 0 aliphatic heterocycles. The summed E-state index contributed by atoms with van der Waals surface area (Å²) in [7, 11) is 0. The minimum absolute atomic E-state index is 0.282. The molecule has 54 valence electrons. The third-order valence-electron chi connectivity index (χ3n) is 1.32. The summed E-state index contributed by atoms with van der Waals surface area (Å²) in [4.78, 5) is 3.93. The lowest BCUT2D eigenvalue weighted by Crippen LogP contribution is -2.51. The van der Waals surface area contributed by atoms with Gasteiger partial charge in [0.2, 0.25) is 0 Å². The summed E-state index contributed by atoms with van der Waals surface area (Å²) in [6.45, 7) is 2.02. The molecule has 10 heavy (non-hydrogen) atoms. The van der Waals surface area contributed by atoms with Crippen molar-refractivity contribution in [2.75, 3.05) is 0 Å². The molecule has 0 aromatic carbocycles. The first-order valence-electron chi connectivity index (χ1n) is 3.14. The minimum atomic E-state index is 0.282. The van der Waals surface area contributed by atoms with E-state index in [0.717, 1.165) is 5.56 Å². The fourth-order valence-electron chi connectivity index (χ4n) is 0.679. The monoisotopic (exact) mass is 157 g/mol. The predicted octanol–water partition coefficient (Wildman–Crippen LogP) is 1.04. The van der Waals surface area contributed by atoms with Crippen LogP contribution in [0.4, 0.5) is 0 Å². The van der Waals surface area contributed by atoms with E-state index >= 15 is 0 Å². The Morgan fingerprint density at radius 2 is 2.30 bits per heavy atom. The molecule has 0 aliphatic carbocycles. The van der Waals surface area contributed by atoms with Crippen molar-refractivity contribution in [2.45, 2.75) is 13.0 Å². The van der Waals surface area contributed by atoms with E-state index < -0.39 is 0 Å². The Labute approximate surface area is 65.0 Å². The second-order valence-electron chi connectivity index (χ2n) is 2.32. The predicted molar refractivity (Wildman–Crippen MR) is 40.6 cm³/mol. The van der Waals surface area contributed by atoms with Crippen molar-refractivity contribution in [1.82, 2.24) is 4.98 Å². The molecule has 0 amide bonds. The van der Waals surface area contributed by atoms with Crippen LogP contribution < -0.4 is 5.73 Å². The number of pyridine rings is 1. The van der Waals surface area contributed by atoms with Gasteiger partial charge < -0.3 is 5.73 Å². The molecule has 0 unspecified atom stereocenters. The molecular weight excluding hydrogens is 148 g/mol. The van der Waals surface area contributed by atoms with E-state index in [1.54, 1.807) is 12.3 Å². The molecule has 3 N–H and O–H groups in total. The molecule has 1 aromatic heterocycles. The second-order valence-corrected chi connectivity index (χ2v) is 2.70. The summed E-state index contributed by atoms with van der Waals surface area (Å²) in [6.07, 6.45) is 1.75. The summed E-state index contributed by atoms with van der Waals surface area (Å²) in [5.41, 5.74) is 4.97. The van der Waals surface area contributed by atoms with E-state index in [4.69, 9.17) is 11.6 Å². The van der Waals surface area contributed by atoms with Gasteiger partial charge in [0.15, 0.2) is 0 Å². The number of hydrogen-bond acceptors (Lipinski definition) is 1. The number of hydrogen-bond donors (Lipinski definition) is 1. The van der Waals surface area contributed by atoms with Crippen LogP contribution in [0.3, 0.4) is 0 Å². The maximum absolute atomic E-state index is 5.58. The van der Waals surface area contributed by atoms with Gasteiger partial charge in [0.1, 0.15) is 11.2 Å². The van der Waals surface area contributed by atoms with Crippen LogP contribution in [0, 0.1) is 0 Å². The Morgan fingerprint density at radius 3 is 2.70 bits per heavy atom. The maximum atomic E-state index is 5.58. The second kappa shape index (κ2) is 2.99. The molecule has 1 rings (SSSR count). The van der Waals surface area contributed by atoms with Crippen LogP contribution in [0.25, 0.3) is 0 Å². The van der Waals surface area contributed by atoms with Gasteiger partial charge in [-0.25, -0.2) is 4.98 Å². The zero-order valence-corrected chi connectivity index (χ0v) is 6.60. The van der Waals surface area contributed by atoms with Crippen LogP contribution in [-0.4, -0.2) is 4.98 Å². The highest BCUT2D eigenvalue weighted by molar-refractivity contribution is 6.29. The van der Waals surface area contributed by atoms with Gasteiger partial charge in [0, 0.05) is 11.8 Å². The van der Waals surface area contributed by atoms with Crippen molar-refractivity contribution in [1.29, 1.82) is 0 Å². The number of quaternary nitrogens is 1. The van der Waals surface area contributed by atoms with Crippen LogP contribution in [0.2, 0.25) is 5.15 Å². The Balaban J connectivity index is 2.89. The van der Waals surface area contributed by atoms with Crippen LogP contribution in [0.15, 0.2) is 18.3 Å². The Hall–Kier alpha value is -0.600. The zero-order valence-electron chi connectivity index (χ0n) is 5.84. The lowest BCUT2D eigenvalue weighted by Gasteiger charge is -1.99. The number of halogens is 1. The maximum Gasteiger partial charge on any atom is 0.129 e. The van der Waals surface area contributed by atoms with E-state index in [2.05, 4.69) is 10.7 Å². The van der Waals surface area contributed by atoms with Gasteiger partial charge in [0.05, 0.1) is 0 Å². The first-order chi connectivity index (χ1) is 4.70. The van der Waals surface area contributed by atoms with E-state index in [0.29, 0.717) is 5.15 Å². The van der Waals surface area contributed by atoms with Gasteiger partial charge in [-0.05, 0) is 19.1 Å². The third kappa shape index (κ3) is 1.69. The van der Waals surface area contributed by atoms with E-state index in [9.17, 15) is 0 Å². The summed E-state index contributed by atoms with van der Waals surface area (Å²) < 4.78 is 0. The molecule has 0 saturated carbocycles. The van der Waals surface area contributed by atoms with Gasteiger partial charge in [-0.2, -0.15) is 0 Å². The molecule has 0 bridgehead atoms. The Kier molecular flexibility index (Phi) is 2.25. The van der Waals surface area contributed by atoms with Gasteiger partial charge >= 0.3 is 0 Å². The Morgan fingerprint density at radius 1 is 1.60 bits per heavy atom. The molecular formula is C7H10ClN2+. The molecule has 3 heteroatoms. The number of nitrogens with zero attached hydrogens (tertiary/aromatic N) is 1. The molecule has 0 spiro atoms. The van der Waals surface area contributed by atoms with Crippen molar-refractivity contribution in [3.8, 4) is 0 Å². The molecule has 0 radical (unpaired) electrons. The van der Waals surface area contributed by atoms with Crippen LogP contribution in [0.1, 0.15) is 18.5 Å². The fourth-order valence-corrected chi connectivity index (χ4v) is 0.791. The summed E-state index contributed by atoms with van der Waals surface area (Å²) in [6, 6.07) is 4.00. The highest BCUT2D eigenvalue weighted by Gasteiger charge is 2.00. The standard InChI is InChI=1S/C7H9ClN2/c1-5(9)6-2-3-7(8)10-4-6/h2-5H,9H2,1H3/p+1/t5-/m0/s1. The van der Waals surface area contributed by atoms with Crippen molar-refractivity contribution >= 4 is 11.6 Å². The number of rotatable bonds is 1. The van der Waals surface area contributed by atoms with Crippen LogP contribution in [-0.2, 0) is 0 Å². The highest BCUT2D eigenvalue weighted by atomic mass is 35.5. The number of aromatic nitrogens is 1. The van der Waals surface area contributed by atoms with Crippen molar-refractivity contribution < 1.29 is 5.73 Å². The van der Waals surface area contributed by atoms with Crippen molar-refractivity contribution in [2.24, 2.45) is 0 Å². The largest absolute Gasteiger partial charge is 0.352 e. The lowest BCUT2D eigenvalue weighted by atomic mass is 10.2. The van der Waals surface area contributed by atoms with Gasteiger partial charge in [0.25, 0.3) is 0 Å². The quantitative estimate of drug-likeness (QED) is 0.608. The first kappa shape index (κ1) is 7.51. The topological polar surface area (TPSA) is 40.5 Å². The van der Waals surface area contributed by atoms with Gasteiger partial charge in [-0.3, -0.25) is 0 Å². The molecule has 2 nitrogen and oxygen atoms in total. The first-order valence-corrected chi connectivity index (χ1v) is 3.52. The average Bonchev–Trinajstić information content (AvgIpc) is 1.88. The minimum Gasteiger partial charge on any atom is -0.352 e. The summed E-state index contributed by atoms with van der Waals surface area (Å²) >= 11 is 5.58. The molecule has 0 fully saturated rings. The smallest absolute Gasteiger partial charge is 0.129 e. The molecule has 0 aliphatic rings. The van der Waals surface area contributed by atoms with Gasteiger partial charge in [-0.15, -0.1) is 0 Å². The molecule has 0 saturated heterocycles. The van der Waals surface area contributed by atoms with Gasteiger partial charge in [-0.1, -0.05) is 11.6 Å². The fraction of sp³-hybridized carbons (Fsp3) is 0.286. The van der Waals surface area contributed by atoms with Crippen molar-refractivity contribution in [3.63, 3.8) is 0 Å². The average molecular weight is 158 g/mol. The van der Waals surface area contributed by atoms with E-state index in [1.165, 1.54) is 0 Å². The summed E-state index contributed by atoms with van der Waals surface area (Å²) in [5.74, 6) is 0.